The van der Waals surface area contributed by atoms with Crippen molar-refractivity contribution in [2.75, 3.05) is 31.6 Å². The minimum atomic E-state index is 0.657. The molecule has 2 aliphatic rings. The number of nitrogens with one attached hydrogen (secondary N) is 2. The number of halogens is 1. The van der Waals surface area contributed by atoms with E-state index in [2.05, 4.69) is 33.4 Å². The van der Waals surface area contributed by atoms with E-state index in [4.69, 9.17) is 26.3 Å². The molecule has 0 saturated carbocycles. The van der Waals surface area contributed by atoms with Crippen LogP contribution in [0, 0.1) is 0 Å². The Balaban J connectivity index is 1.60. The first kappa shape index (κ1) is 19.2. The van der Waals surface area contributed by atoms with Crippen LogP contribution in [0.4, 0.5) is 17.2 Å². The van der Waals surface area contributed by atoms with Gasteiger partial charge in [0, 0.05) is 42.0 Å². The minimum Gasteiger partial charge on any atom is -0.379 e. The Morgan fingerprint density at radius 1 is 1.17 bits per heavy atom. The van der Waals surface area contributed by atoms with Crippen LogP contribution in [0.25, 0.3) is 0 Å². The number of aromatic amines is 1. The van der Waals surface area contributed by atoms with Gasteiger partial charge < -0.3 is 10.1 Å². The van der Waals surface area contributed by atoms with Crippen LogP contribution < -0.4 is 5.32 Å². The lowest BCUT2D eigenvalue weighted by Gasteiger charge is -2.26. The summed E-state index contributed by atoms with van der Waals surface area (Å²) in [6.07, 6.45) is 2.70. The first-order chi connectivity index (χ1) is 14.7. The van der Waals surface area contributed by atoms with Crippen molar-refractivity contribution in [3.8, 4) is 0 Å². The molecule has 30 heavy (non-hydrogen) atoms. The van der Waals surface area contributed by atoms with Crippen molar-refractivity contribution in [2.45, 2.75) is 19.9 Å². The van der Waals surface area contributed by atoms with E-state index in [9.17, 15) is 0 Å². The number of hydrogen-bond acceptors (Lipinski definition) is 6. The van der Waals surface area contributed by atoms with Gasteiger partial charge in [0.25, 0.3) is 0 Å². The number of anilines is 2. The van der Waals surface area contributed by atoms with Crippen molar-refractivity contribution in [2.24, 2.45) is 4.99 Å². The molecule has 1 fully saturated rings. The zero-order chi connectivity index (χ0) is 20.5. The summed E-state index contributed by atoms with van der Waals surface area (Å²) in [4.78, 5) is 12.1. The summed E-state index contributed by atoms with van der Waals surface area (Å²) in [6, 6.07) is 9.86. The Morgan fingerprint density at radius 3 is 2.80 bits per heavy atom. The van der Waals surface area contributed by atoms with E-state index < -0.39 is 0 Å². The van der Waals surface area contributed by atoms with E-state index in [-0.39, 0.29) is 0 Å². The fourth-order valence-electron chi connectivity index (χ4n) is 3.85. The summed E-state index contributed by atoms with van der Waals surface area (Å²) < 4.78 is 5.46. The summed E-state index contributed by atoms with van der Waals surface area (Å²) in [6.45, 7) is 6.23. The second-order valence-electron chi connectivity index (χ2n) is 7.43. The molecule has 8 heteroatoms. The monoisotopic (exact) mass is 422 g/mol. The van der Waals surface area contributed by atoms with Crippen LogP contribution in [-0.2, 0) is 17.7 Å². The zero-order valence-corrected chi connectivity index (χ0v) is 17.5. The van der Waals surface area contributed by atoms with Crippen LogP contribution >= 0.6 is 11.6 Å². The Bertz CT molecular complexity index is 1100. The summed E-state index contributed by atoms with van der Waals surface area (Å²) in [5.74, 6) is 0.721. The van der Waals surface area contributed by atoms with Crippen molar-refractivity contribution in [3.05, 3.63) is 64.1 Å². The van der Waals surface area contributed by atoms with Gasteiger partial charge in [0.1, 0.15) is 5.69 Å². The predicted molar refractivity (Wildman–Crippen MR) is 118 cm³/mol. The molecular formula is C22H23ClN6O. The molecule has 0 amide bonds. The van der Waals surface area contributed by atoms with E-state index in [1.807, 2.05) is 30.5 Å². The van der Waals surface area contributed by atoms with Gasteiger partial charge in [-0.15, -0.1) is 0 Å². The molecule has 2 aromatic heterocycles. The number of hydrogen-bond donors (Lipinski definition) is 2. The average Bonchev–Trinajstić information content (AvgIpc) is 3.07. The molecule has 5 rings (SSSR count). The second-order valence-corrected chi connectivity index (χ2v) is 7.84. The summed E-state index contributed by atoms with van der Waals surface area (Å²) in [7, 11) is 0. The van der Waals surface area contributed by atoms with Crippen molar-refractivity contribution < 1.29 is 4.74 Å². The smallest absolute Gasteiger partial charge is 0.178 e. The molecule has 3 aromatic rings. The van der Waals surface area contributed by atoms with E-state index in [1.54, 1.807) is 0 Å². The number of H-pyrrole nitrogens is 1. The highest BCUT2D eigenvalue weighted by molar-refractivity contribution is 6.36. The minimum absolute atomic E-state index is 0.657. The van der Waals surface area contributed by atoms with E-state index in [0.29, 0.717) is 5.02 Å². The highest BCUT2D eigenvalue weighted by Gasteiger charge is 2.24. The largest absolute Gasteiger partial charge is 0.379 e. The molecule has 154 valence electrons. The molecule has 4 heterocycles. The molecule has 0 atom stereocenters. The number of fused-ring (bicyclic) bond motifs is 2. The Hall–Kier alpha value is -2.74. The van der Waals surface area contributed by atoms with Gasteiger partial charge in [0.2, 0.25) is 0 Å². The highest BCUT2D eigenvalue weighted by Crippen LogP contribution is 2.37. The molecule has 1 aromatic carbocycles. The van der Waals surface area contributed by atoms with Crippen LogP contribution in [-0.4, -0.2) is 52.1 Å². The molecule has 0 aliphatic carbocycles. The van der Waals surface area contributed by atoms with Gasteiger partial charge in [0.05, 0.1) is 36.0 Å². The summed E-state index contributed by atoms with van der Waals surface area (Å²) >= 11 is 6.55. The van der Waals surface area contributed by atoms with Gasteiger partial charge in [-0.2, -0.15) is 5.10 Å². The molecular weight excluding hydrogens is 400 g/mol. The SMILES string of the molecule is CCc1[nH]nc2c1N=C(c1ccccc1Cl)c1cnc(CN3CCOCC3)cc1N2. The zero-order valence-electron chi connectivity index (χ0n) is 16.8. The normalized spacial score (nSPS) is 16.3. The maximum atomic E-state index is 6.55. The molecule has 1 saturated heterocycles. The van der Waals surface area contributed by atoms with Crippen molar-refractivity contribution in [1.29, 1.82) is 0 Å². The van der Waals surface area contributed by atoms with Crippen LogP contribution in [0.5, 0.6) is 0 Å². The quantitative estimate of drug-likeness (QED) is 0.518. The maximum Gasteiger partial charge on any atom is 0.178 e. The number of benzene rings is 1. The van der Waals surface area contributed by atoms with Gasteiger partial charge in [-0.05, 0) is 18.6 Å². The standard InChI is InChI=1S/C22H23ClN6O/c1-2-18-21-22(28-27-18)25-19-11-14(13-29-7-9-30-10-8-29)24-12-16(19)20(26-21)15-5-3-4-6-17(15)23/h3-6,11-12H,2,7-10,13H2,1H3,(H2,25,27,28). The van der Waals surface area contributed by atoms with E-state index >= 15 is 0 Å². The van der Waals surface area contributed by atoms with Crippen molar-refractivity contribution in [1.82, 2.24) is 20.1 Å². The predicted octanol–water partition coefficient (Wildman–Crippen LogP) is 4.08. The third kappa shape index (κ3) is 3.60. The van der Waals surface area contributed by atoms with Crippen LogP contribution in [0.2, 0.25) is 5.02 Å². The Morgan fingerprint density at radius 2 is 2.00 bits per heavy atom. The Labute approximate surface area is 180 Å². The number of aromatic nitrogens is 3. The third-order valence-electron chi connectivity index (χ3n) is 5.48. The van der Waals surface area contributed by atoms with Gasteiger partial charge in [-0.1, -0.05) is 36.7 Å². The van der Waals surface area contributed by atoms with Crippen molar-refractivity contribution in [3.63, 3.8) is 0 Å². The first-order valence-corrected chi connectivity index (χ1v) is 10.6. The maximum absolute atomic E-state index is 6.55. The summed E-state index contributed by atoms with van der Waals surface area (Å²) in [5, 5.41) is 11.7. The lowest BCUT2D eigenvalue weighted by atomic mass is 10.0. The van der Waals surface area contributed by atoms with Gasteiger partial charge in [-0.25, -0.2) is 4.99 Å². The molecule has 2 N–H and O–H groups in total. The number of rotatable bonds is 4. The number of aryl methyl sites for hydroxylation is 1. The van der Waals surface area contributed by atoms with Gasteiger partial charge in [-0.3, -0.25) is 15.0 Å². The van der Waals surface area contributed by atoms with Gasteiger partial charge >= 0.3 is 0 Å². The number of nitrogens with zero attached hydrogens (tertiary/aromatic N) is 4. The topological polar surface area (TPSA) is 78.4 Å². The molecule has 0 unspecified atom stereocenters. The average molecular weight is 423 g/mol. The van der Waals surface area contributed by atoms with Gasteiger partial charge in [0.15, 0.2) is 5.82 Å². The fourth-order valence-corrected chi connectivity index (χ4v) is 4.08. The molecule has 0 spiro atoms. The van der Waals surface area contributed by atoms with Crippen LogP contribution in [0.15, 0.2) is 41.5 Å². The Kier molecular flexibility index (Phi) is 5.25. The number of morpholine rings is 1. The lowest BCUT2D eigenvalue weighted by molar-refractivity contribution is 0.0336. The molecule has 7 nitrogen and oxygen atoms in total. The first-order valence-electron chi connectivity index (χ1n) is 10.2. The fraction of sp³-hybridized carbons (Fsp3) is 0.318. The molecule has 0 bridgehead atoms. The molecule has 0 radical (unpaired) electrons. The second kappa shape index (κ2) is 8.18. The van der Waals surface area contributed by atoms with Crippen molar-refractivity contribution >= 4 is 34.5 Å². The van der Waals surface area contributed by atoms with Crippen LogP contribution in [0.3, 0.4) is 0 Å². The summed E-state index contributed by atoms with van der Waals surface area (Å²) in [5.41, 5.74) is 6.31. The lowest BCUT2D eigenvalue weighted by Crippen LogP contribution is -2.35. The van der Waals surface area contributed by atoms with Crippen LogP contribution in [0.1, 0.15) is 29.4 Å². The van der Waals surface area contributed by atoms with E-state index in [0.717, 1.165) is 84.7 Å². The number of ether oxygens (including phenoxy) is 1. The molecule has 2 aliphatic heterocycles. The van der Waals surface area contributed by atoms with E-state index in [1.165, 1.54) is 0 Å². The number of pyridine rings is 1. The highest BCUT2D eigenvalue weighted by atomic mass is 35.5. The third-order valence-corrected chi connectivity index (χ3v) is 5.81. The number of aliphatic imine (C=N–C) groups is 1.